The first-order valence-electron chi connectivity index (χ1n) is 12.0. The van der Waals surface area contributed by atoms with Crippen molar-refractivity contribution >= 4 is 66.7 Å². The summed E-state index contributed by atoms with van der Waals surface area (Å²) in [6.07, 6.45) is 2.38. The van der Waals surface area contributed by atoms with Crippen LogP contribution in [-0.2, 0) is 32.6 Å². The molecule has 1 fully saturated rings. The zero-order valence-electron chi connectivity index (χ0n) is 20.4. The maximum Gasteiger partial charge on any atom is 0.243 e. The molecule has 1 saturated heterocycles. The number of nitrogens with one attached hydrogen (secondary N) is 1. The van der Waals surface area contributed by atoms with Gasteiger partial charge in [-0.05, 0) is 72.5 Å². The van der Waals surface area contributed by atoms with Crippen molar-refractivity contribution in [3.8, 4) is 0 Å². The van der Waals surface area contributed by atoms with E-state index in [-0.39, 0.29) is 17.3 Å². The molecule has 0 unspecified atom stereocenters. The van der Waals surface area contributed by atoms with E-state index in [2.05, 4.69) is 21.2 Å². The second-order valence-corrected chi connectivity index (χ2v) is 12.7. The van der Waals surface area contributed by atoms with E-state index < -0.39 is 22.5 Å². The Bertz CT molecular complexity index is 1410. The van der Waals surface area contributed by atoms with Crippen molar-refractivity contribution in [3.63, 3.8) is 0 Å². The molecule has 7 nitrogen and oxygen atoms in total. The van der Waals surface area contributed by atoms with E-state index in [1.807, 2.05) is 4.90 Å². The van der Waals surface area contributed by atoms with Gasteiger partial charge in [-0.3, -0.25) is 9.59 Å². The van der Waals surface area contributed by atoms with Gasteiger partial charge in [0.05, 0.1) is 17.9 Å². The Morgan fingerprint density at radius 2 is 1.61 bits per heavy atom. The number of hydrogen-bond acceptors (Lipinski definition) is 4. The van der Waals surface area contributed by atoms with Crippen LogP contribution >= 0.6 is 39.1 Å². The summed E-state index contributed by atoms with van der Waals surface area (Å²) in [6, 6.07) is 17.9. The SMILES string of the molecule is O=C(CN(Cc1ccc(Cl)cc1Cl)S(=O)(=O)c1ccc(Br)cc1)Nc1ccc(CC(=O)N2CCCC2)cc1. The van der Waals surface area contributed by atoms with E-state index >= 15 is 0 Å². The Hall–Kier alpha value is -2.43. The second-order valence-electron chi connectivity index (χ2n) is 8.97. The van der Waals surface area contributed by atoms with Crippen LogP contribution in [0.5, 0.6) is 0 Å². The van der Waals surface area contributed by atoms with E-state index in [1.165, 1.54) is 18.2 Å². The summed E-state index contributed by atoms with van der Waals surface area (Å²) in [4.78, 5) is 27.3. The maximum absolute atomic E-state index is 13.5. The monoisotopic (exact) mass is 637 g/mol. The average Bonchev–Trinajstić information content (AvgIpc) is 3.42. The highest BCUT2D eigenvalue weighted by molar-refractivity contribution is 9.10. The number of rotatable bonds is 9. The zero-order valence-corrected chi connectivity index (χ0v) is 24.3. The fourth-order valence-electron chi connectivity index (χ4n) is 4.14. The number of amides is 2. The van der Waals surface area contributed by atoms with Crippen molar-refractivity contribution in [2.45, 2.75) is 30.7 Å². The molecule has 2 amide bonds. The lowest BCUT2D eigenvalue weighted by atomic mass is 10.1. The molecular formula is C27H26BrCl2N3O4S. The van der Waals surface area contributed by atoms with E-state index in [0.717, 1.165) is 40.3 Å². The first-order valence-corrected chi connectivity index (χ1v) is 15.0. The number of anilines is 1. The number of hydrogen-bond donors (Lipinski definition) is 1. The van der Waals surface area contributed by atoms with Crippen molar-refractivity contribution in [3.05, 3.63) is 92.4 Å². The molecule has 0 bridgehead atoms. The fourth-order valence-corrected chi connectivity index (χ4v) is 6.25. The van der Waals surface area contributed by atoms with Gasteiger partial charge in [0.2, 0.25) is 21.8 Å². The van der Waals surface area contributed by atoms with Crippen molar-refractivity contribution in [1.29, 1.82) is 0 Å². The minimum absolute atomic E-state index is 0.0469. The minimum Gasteiger partial charge on any atom is -0.342 e. The minimum atomic E-state index is -4.04. The maximum atomic E-state index is 13.5. The highest BCUT2D eigenvalue weighted by Gasteiger charge is 2.28. The van der Waals surface area contributed by atoms with Crippen LogP contribution in [0.25, 0.3) is 0 Å². The molecule has 1 aliphatic heterocycles. The van der Waals surface area contributed by atoms with Crippen molar-refractivity contribution < 1.29 is 18.0 Å². The van der Waals surface area contributed by atoms with Crippen molar-refractivity contribution in [2.24, 2.45) is 0 Å². The molecule has 0 aliphatic carbocycles. The molecule has 1 N–H and O–H groups in total. The van der Waals surface area contributed by atoms with Crippen molar-refractivity contribution in [2.75, 3.05) is 25.0 Å². The molecule has 1 aliphatic rings. The van der Waals surface area contributed by atoms with Crippen LogP contribution in [0.1, 0.15) is 24.0 Å². The van der Waals surface area contributed by atoms with Crippen LogP contribution in [0.3, 0.4) is 0 Å². The molecule has 0 atom stereocenters. The van der Waals surface area contributed by atoms with Gasteiger partial charge in [0.1, 0.15) is 0 Å². The molecule has 4 rings (SSSR count). The van der Waals surface area contributed by atoms with E-state index in [4.69, 9.17) is 23.2 Å². The molecule has 0 saturated carbocycles. The molecule has 0 spiro atoms. The summed E-state index contributed by atoms with van der Waals surface area (Å²) in [6.45, 7) is 1.04. The molecule has 200 valence electrons. The molecule has 38 heavy (non-hydrogen) atoms. The standard InChI is InChI=1S/C27H26BrCl2N3O4S/c28-21-6-11-24(12-7-21)38(36,37)33(17-20-5-8-22(29)16-25(20)30)18-26(34)31-23-9-3-19(4-10-23)15-27(35)32-13-1-2-14-32/h3-12,16H,1-2,13-15,17-18H2,(H,31,34). The summed E-state index contributed by atoms with van der Waals surface area (Å²) in [5.41, 5.74) is 1.85. The molecule has 3 aromatic rings. The number of likely N-dealkylation sites (tertiary alicyclic amines) is 1. The van der Waals surface area contributed by atoms with Gasteiger partial charge in [-0.2, -0.15) is 4.31 Å². The summed E-state index contributed by atoms with van der Waals surface area (Å²) >= 11 is 15.6. The Kier molecular flexibility index (Phi) is 9.49. The first kappa shape index (κ1) is 28.6. The molecule has 1 heterocycles. The molecular weight excluding hydrogens is 613 g/mol. The van der Waals surface area contributed by atoms with Crippen LogP contribution in [0.2, 0.25) is 10.0 Å². The van der Waals surface area contributed by atoms with E-state index in [9.17, 15) is 18.0 Å². The highest BCUT2D eigenvalue weighted by Crippen LogP contribution is 2.26. The number of halogens is 3. The van der Waals surface area contributed by atoms with Gasteiger partial charge < -0.3 is 10.2 Å². The quantitative estimate of drug-likeness (QED) is 0.323. The lowest BCUT2D eigenvalue weighted by molar-refractivity contribution is -0.129. The molecule has 11 heteroatoms. The molecule has 0 radical (unpaired) electrons. The van der Waals surface area contributed by atoms with E-state index in [0.29, 0.717) is 27.7 Å². The highest BCUT2D eigenvalue weighted by atomic mass is 79.9. The van der Waals surface area contributed by atoms with Gasteiger partial charge in [-0.1, -0.05) is 57.3 Å². The Balaban J connectivity index is 1.48. The molecule has 3 aromatic carbocycles. The third-order valence-corrected chi connectivity index (χ3v) is 9.11. The topological polar surface area (TPSA) is 86.8 Å². The third-order valence-electron chi connectivity index (χ3n) is 6.18. The van der Waals surface area contributed by atoms with Gasteiger partial charge in [0.25, 0.3) is 0 Å². The van der Waals surface area contributed by atoms with Gasteiger partial charge >= 0.3 is 0 Å². The summed E-state index contributed by atoms with van der Waals surface area (Å²) in [7, 11) is -4.04. The summed E-state index contributed by atoms with van der Waals surface area (Å²) in [5, 5.41) is 3.47. The molecule has 0 aromatic heterocycles. The second kappa shape index (κ2) is 12.6. The third kappa shape index (κ3) is 7.36. The number of benzene rings is 3. The summed E-state index contributed by atoms with van der Waals surface area (Å²) in [5.74, 6) is -0.425. The number of nitrogens with zero attached hydrogens (tertiary/aromatic N) is 2. The van der Waals surface area contributed by atoms with E-state index in [1.54, 1.807) is 48.5 Å². The van der Waals surface area contributed by atoms with Crippen LogP contribution in [0.15, 0.2) is 76.1 Å². The first-order chi connectivity index (χ1) is 18.1. The van der Waals surface area contributed by atoms with Gasteiger partial charge in [0, 0.05) is 39.8 Å². The number of carbonyl (C=O) groups is 2. The lowest BCUT2D eigenvalue weighted by Crippen LogP contribution is -2.37. The zero-order chi connectivity index (χ0) is 27.3. The number of carbonyl (C=O) groups excluding carboxylic acids is 2. The summed E-state index contributed by atoms with van der Waals surface area (Å²) < 4.78 is 28.8. The van der Waals surface area contributed by atoms with Crippen LogP contribution in [0, 0.1) is 0 Å². The van der Waals surface area contributed by atoms with Crippen LogP contribution in [-0.4, -0.2) is 49.1 Å². The average molecular weight is 639 g/mol. The van der Waals surface area contributed by atoms with Gasteiger partial charge in [0.15, 0.2) is 0 Å². The predicted molar refractivity (Wildman–Crippen MR) is 153 cm³/mol. The Morgan fingerprint density at radius 1 is 0.947 bits per heavy atom. The van der Waals surface area contributed by atoms with Crippen LogP contribution < -0.4 is 5.32 Å². The van der Waals surface area contributed by atoms with Crippen molar-refractivity contribution in [1.82, 2.24) is 9.21 Å². The predicted octanol–water partition coefficient (Wildman–Crippen LogP) is 5.75. The van der Waals surface area contributed by atoms with Gasteiger partial charge in [-0.25, -0.2) is 8.42 Å². The Labute approximate surface area is 240 Å². The smallest absolute Gasteiger partial charge is 0.243 e. The van der Waals surface area contributed by atoms with Crippen LogP contribution in [0.4, 0.5) is 5.69 Å². The van der Waals surface area contributed by atoms with Gasteiger partial charge in [-0.15, -0.1) is 0 Å². The number of sulfonamides is 1. The Morgan fingerprint density at radius 3 is 2.24 bits per heavy atom. The lowest BCUT2D eigenvalue weighted by Gasteiger charge is -2.22. The fraction of sp³-hybridized carbons (Fsp3) is 0.259. The largest absolute Gasteiger partial charge is 0.342 e. The normalized spacial score (nSPS) is 13.6.